The molecule has 29 atom stereocenters. The van der Waals surface area contributed by atoms with Crippen molar-refractivity contribution in [3.05, 3.63) is 0 Å². The second-order valence-electron chi connectivity index (χ2n) is 24.1. The fraction of sp³-hybridized carbons (Fsp3) is 1.00. The maximum absolute atomic E-state index is 11.5. The predicted octanol–water partition coefficient (Wildman–Crippen LogP) is -2.91. The van der Waals surface area contributed by atoms with Gasteiger partial charge in [-0.2, -0.15) is 0 Å². The van der Waals surface area contributed by atoms with Crippen LogP contribution >= 0.6 is 0 Å². The summed E-state index contributed by atoms with van der Waals surface area (Å²) in [5.74, 6) is 1.71. The Morgan fingerprint density at radius 1 is 0.539 bits per heavy atom. The van der Waals surface area contributed by atoms with E-state index in [1.165, 1.54) is 58.3 Å². The zero-order valence-electron chi connectivity index (χ0n) is 44.5. The largest absolute Gasteiger partial charge is 0.394 e. The molecule has 0 aromatic rings. The Kier molecular flexibility index (Phi) is 20.3. The van der Waals surface area contributed by atoms with Crippen LogP contribution in [0.25, 0.3) is 0 Å². The first-order chi connectivity index (χ1) is 36.1. The van der Waals surface area contributed by atoms with Crippen LogP contribution < -0.4 is 0 Å². The SMILES string of the molecule is CO[C@@H]1CC[C@@]2(C)[C@H](CC[C@@H]3[C@@H]2CC[C@]2(C)[C@@H]([C@H](C)CCCOCC(C)(O[C@H]4O[C@@H](CO)[C@H](O[C@@H]5O[C@@H](CO)[C@H](O)[C@@H](O)[C@@H]5O)[C@@H](O)[C@@H]4O)O[C@H]4O[C@@H](CO)[C@H](O[C@@H]5O[C@@H](CO)[C@H](O)[C@@H](O)[C@@H]5O)[C@@H](O)[C@@H]4O)CC[C@@H]32)C1. The molecule has 24 nitrogen and oxygen atoms in total. The molecule has 4 saturated heterocycles. The zero-order valence-corrected chi connectivity index (χ0v) is 44.5. The van der Waals surface area contributed by atoms with E-state index in [4.69, 9.17) is 47.4 Å². The summed E-state index contributed by atoms with van der Waals surface area (Å²) in [5, 5.41) is 149. The van der Waals surface area contributed by atoms with Crippen LogP contribution in [0.2, 0.25) is 0 Å². The van der Waals surface area contributed by atoms with Crippen LogP contribution in [-0.4, -0.2) is 253 Å². The summed E-state index contributed by atoms with van der Waals surface area (Å²) < 4.78 is 58.6. The number of ether oxygens (including phenoxy) is 10. The smallest absolute Gasteiger partial charge is 0.195 e. The lowest BCUT2D eigenvalue weighted by atomic mass is 9.44. The molecule has 14 N–H and O–H groups in total. The topological polar surface area (TPSA) is 376 Å². The number of aliphatic hydroxyl groups excluding tert-OH is 14. The molecule has 0 spiro atoms. The highest BCUT2D eigenvalue weighted by atomic mass is 16.8. The first-order valence-electron chi connectivity index (χ1n) is 27.7. The summed E-state index contributed by atoms with van der Waals surface area (Å²) >= 11 is 0. The van der Waals surface area contributed by atoms with Crippen molar-refractivity contribution in [1.29, 1.82) is 0 Å². The van der Waals surface area contributed by atoms with E-state index in [9.17, 15) is 71.5 Å². The van der Waals surface area contributed by atoms with Gasteiger partial charge in [0, 0.05) is 13.7 Å². The van der Waals surface area contributed by atoms with Crippen molar-refractivity contribution in [3.63, 3.8) is 0 Å². The Morgan fingerprint density at radius 2 is 1.01 bits per heavy atom. The number of methoxy groups -OCH3 is 1. The third-order valence-corrected chi connectivity index (χ3v) is 19.7. The van der Waals surface area contributed by atoms with Crippen molar-refractivity contribution in [1.82, 2.24) is 0 Å². The van der Waals surface area contributed by atoms with Crippen molar-refractivity contribution in [2.45, 2.75) is 233 Å². The van der Waals surface area contributed by atoms with Crippen LogP contribution in [0.15, 0.2) is 0 Å². The summed E-state index contributed by atoms with van der Waals surface area (Å²) in [6.45, 7) is 5.19. The molecule has 24 heteroatoms. The molecule has 8 fully saturated rings. The molecule has 4 aliphatic heterocycles. The van der Waals surface area contributed by atoms with Crippen LogP contribution in [0.1, 0.15) is 98.3 Å². The summed E-state index contributed by atoms with van der Waals surface area (Å²) in [6.07, 6.45) is -22.5. The highest BCUT2D eigenvalue weighted by Crippen LogP contribution is 2.68. The van der Waals surface area contributed by atoms with E-state index >= 15 is 0 Å². The van der Waals surface area contributed by atoms with Crippen LogP contribution in [0.3, 0.4) is 0 Å². The Bertz CT molecular complexity index is 1740. The first kappa shape index (κ1) is 61.1. The summed E-state index contributed by atoms with van der Waals surface area (Å²) in [6, 6.07) is 0. The highest BCUT2D eigenvalue weighted by Gasteiger charge is 2.61. The lowest BCUT2D eigenvalue weighted by molar-refractivity contribution is -0.426. The van der Waals surface area contributed by atoms with Gasteiger partial charge in [-0.3, -0.25) is 0 Å². The Hall–Kier alpha value is -0.960. The van der Waals surface area contributed by atoms with Gasteiger partial charge in [-0.1, -0.05) is 20.8 Å². The first-order valence-corrected chi connectivity index (χ1v) is 27.7. The summed E-state index contributed by atoms with van der Waals surface area (Å²) in [4.78, 5) is 0. The second-order valence-corrected chi connectivity index (χ2v) is 24.1. The molecule has 442 valence electrons. The van der Waals surface area contributed by atoms with Crippen LogP contribution in [0, 0.1) is 46.3 Å². The lowest BCUT2D eigenvalue weighted by Gasteiger charge is -2.61. The lowest BCUT2D eigenvalue weighted by Crippen LogP contribution is -2.66. The minimum absolute atomic E-state index is 0.197. The Labute approximate surface area is 444 Å². The normalized spacial score (nSPS) is 50.4. The van der Waals surface area contributed by atoms with Gasteiger partial charge in [-0.05, 0) is 124 Å². The predicted molar refractivity (Wildman–Crippen MR) is 259 cm³/mol. The van der Waals surface area contributed by atoms with E-state index in [-0.39, 0.29) is 12.0 Å². The van der Waals surface area contributed by atoms with Gasteiger partial charge in [0.15, 0.2) is 30.9 Å². The molecule has 4 heterocycles. The van der Waals surface area contributed by atoms with Gasteiger partial charge in [0.1, 0.15) is 104 Å². The molecule has 0 bridgehead atoms. The maximum atomic E-state index is 11.5. The molecule has 0 aromatic carbocycles. The molecule has 0 radical (unpaired) electrons. The third kappa shape index (κ3) is 12.0. The number of rotatable bonds is 20. The van der Waals surface area contributed by atoms with Crippen LogP contribution in [0.5, 0.6) is 0 Å². The van der Waals surface area contributed by atoms with Crippen LogP contribution in [0.4, 0.5) is 0 Å². The van der Waals surface area contributed by atoms with Gasteiger partial charge < -0.3 is 119 Å². The minimum atomic E-state index is -2.11. The molecule has 0 amide bonds. The van der Waals surface area contributed by atoms with Crippen molar-refractivity contribution in [3.8, 4) is 0 Å². The molecule has 76 heavy (non-hydrogen) atoms. The van der Waals surface area contributed by atoms with Gasteiger partial charge in [-0.25, -0.2) is 0 Å². The van der Waals surface area contributed by atoms with Gasteiger partial charge >= 0.3 is 0 Å². The average Bonchev–Trinajstić information content (AvgIpc) is 3.77. The van der Waals surface area contributed by atoms with Crippen molar-refractivity contribution in [2.24, 2.45) is 46.3 Å². The Balaban J connectivity index is 0.931. The zero-order chi connectivity index (χ0) is 55.2. The van der Waals surface area contributed by atoms with Crippen molar-refractivity contribution < 1.29 is 119 Å². The fourth-order valence-corrected chi connectivity index (χ4v) is 15.3. The summed E-state index contributed by atoms with van der Waals surface area (Å²) in [5.41, 5.74) is 0.607. The Morgan fingerprint density at radius 3 is 1.51 bits per heavy atom. The van der Waals surface area contributed by atoms with E-state index in [1.807, 2.05) is 7.11 Å². The average molecular weight is 1100 g/mol. The van der Waals surface area contributed by atoms with E-state index < -0.39 is 162 Å². The number of aliphatic hydroxyl groups is 14. The number of hydrogen-bond donors (Lipinski definition) is 14. The molecule has 0 unspecified atom stereocenters. The third-order valence-electron chi connectivity index (χ3n) is 19.7. The van der Waals surface area contributed by atoms with Gasteiger partial charge in [-0.15, -0.1) is 0 Å². The minimum Gasteiger partial charge on any atom is -0.394 e. The van der Waals surface area contributed by atoms with Gasteiger partial charge in [0.25, 0.3) is 0 Å². The molecule has 8 rings (SSSR count). The maximum Gasteiger partial charge on any atom is 0.195 e. The van der Waals surface area contributed by atoms with E-state index in [1.54, 1.807) is 0 Å². The molecule has 4 aliphatic carbocycles. The number of fused-ring (bicyclic) bond motifs is 5. The molecule has 8 aliphatic rings. The van der Waals surface area contributed by atoms with Gasteiger partial charge in [0.2, 0.25) is 0 Å². The molecular formula is C52H90O24. The molecular weight excluding hydrogens is 1010 g/mol. The van der Waals surface area contributed by atoms with E-state index in [0.29, 0.717) is 35.7 Å². The molecule has 4 saturated carbocycles. The van der Waals surface area contributed by atoms with E-state index in [2.05, 4.69) is 20.8 Å². The second kappa shape index (κ2) is 25.3. The molecule has 0 aromatic heterocycles. The highest BCUT2D eigenvalue weighted by molar-refractivity contribution is 5.10. The van der Waals surface area contributed by atoms with Crippen LogP contribution in [-0.2, 0) is 47.4 Å². The van der Waals surface area contributed by atoms with E-state index in [0.717, 1.165) is 30.6 Å². The summed E-state index contributed by atoms with van der Waals surface area (Å²) in [7, 11) is 1.85. The number of hydrogen-bond acceptors (Lipinski definition) is 24. The van der Waals surface area contributed by atoms with Gasteiger partial charge in [0.05, 0.1) is 32.5 Å². The van der Waals surface area contributed by atoms with Crippen molar-refractivity contribution >= 4 is 0 Å². The fourth-order valence-electron chi connectivity index (χ4n) is 15.3. The monoisotopic (exact) mass is 1100 g/mol. The quantitative estimate of drug-likeness (QED) is 0.0429. The van der Waals surface area contributed by atoms with Crippen molar-refractivity contribution in [2.75, 3.05) is 46.8 Å². The standard InChI is InChI=1S/C52H90O24/c1-23(27-10-11-28-26-9-8-24-17-25(67-5)12-14-50(24,2)29(26)13-15-51(27,28)3)7-6-16-68-22-52(4,75-48-42(65)38(61)44(32(20-55)71-48)73-46-40(63)36(59)34(57)30(18-53)69-46)76-49-43(66)39(62)45(33(21-56)72-49)74-47-41(64)37(60)35(58)31(19-54)70-47/h23-49,53-66H,6-22H2,1-5H3/t23-,24-,25-,26+,27-,28+,29+,30+,31+,32+,33+,34+,35+,36-,37-,38+,39+,40+,41+,42+,43+,44+,45+,46+,47+,48-,49-,50+,51-/m1/s1.